The van der Waals surface area contributed by atoms with Crippen LogP contribution in [0.4, 0.5) is 15.3 Å². The summed E-state index contributed by atoms with van der Waals surface area (Å²) in [6, 6.07) is 20.7. The van der Waals surface area contributed by atoms with Crippen LogP contribution in [0.2, 0.25) is 0 Å². The van der Waals surface area contributed by atoms with E-state index in [9.17, 15) is 9.59 Å². The van der Waals surface area contributed by atoms with Crippen molar-refractivity contribution in [2.75, 3.05) is 38.1 Å². The molecule has 8 heteroatoms. The van der Waals surface area contributed by atoms with Crippen LogP contribution in [0.3, 0.4) is 0 Å². The van der Waals surface area contributed by atoms with E-state index in [4.69, 9.17) is 9.47 Å². The first-order valence-corrected chi connectivity index (χ1v) is 14.2. The molecule has 1 saturated heterocycles. The molecule has 3 aromatic rings. The normalized spacial score (nSPS) is 15.4. The van der Waals surface area contributed by atoms with Crippen LogP contribution in [0, 0.1) is 6.92 Å². The molecule has 5 rings (SSSR count). The number of amides is 2. The van der Waals surface area contributed by atoms with Crippen molar-refractivity contribution >= 4 is 30.5 Å². The smallest absolute Gasteiger partial charge is 0.412 e. The molecule has 2 aliphatic rings. The van der Waals surface area contributed by atoms with Crippen LogP contribution in [0.5, 0.6) is 0 Å². The highest BCUT2D eigenvalue weighted by Gasteiger charge is 2.30. The average Bonchev–Trinajstić information content (AvgIpc) is 3.23. The van der Waals surface area contributed by atoms with Crippen molar-refractivity contribution in [1.82, 2.24) is 9.80 Å². The number of nitrogens with one attached hydrogen (secondary N) is 1. The van der Waals surface area contributed by atoms with Crippen LogP contribution in [-0.2, 0) is 16.0 Å². The van der Waals surface area contributed by atoms with Crippen molar-refractivity contribution in [1.29, 1.82) is 0 Å². The Balaban J connectivity index is 1.15. The summed E-state index contributed by atoms with van der Waals surface area (Å²) in [5.74, 6) is 0.0538. The zero-order valence-corrected chi connectivity index (χ0v) is 24.5. The summed E-state index contributed by atoms with van der Waals surface area (Å²) < 4.78 is 11.3. The lowest BCUT2D eigenvalue weighted by atomic mass is 9.98. The summed E-state index contributed by atoms with van der Waals surface area (Å²) in [6.07, 6.45) is -0.754. The average molecular weight is 560 g/mol. The van der Waals surface area contributed by atoms with Crippen molar-refractivity contribution in [3.63, 3.8) is 0 Å². The van der Waals surface area contributed by atoms with Gasteiger partial charge in [-0.2, -0.15) is 0 Å². The van der Waals surface area contributed by atoms with E-state index in [0.29, 0.717) is 31.9 Å². The van der Waals surface area contributed by atoms with Gasteiger partial charge in [0.15, 0.2) is 0 Å². The SMILES string of the molecule is Cc1c(S)cc(CN2CCN(C(=O)OCC3c4ccccc4-c4ccccc43)CC2)cc1NC(=O)OC(C)(C)C. The standard InChI is InChI=1S/C32H37N3O4S/c1-21-28(33-30(36)39-32(2,3)4)17-22(18-29(21)40)19-34-13-15-35(16-14-34)31(37)38-20-27-25-11-7-5-9-23(25)24-10-6-8-12-26(24)27/h5-12,17-18,27,40H,13-16,19-20H2,1-4H3,(H,33,36). The number of nitrogens with zero attached hydrogens (tertiary/aromatic N) is 2. The molecular weight excluding hydrogens is 522 g/mol. The number of hydrogen-bond donors (Lipinski definition) is 2. The van der Waals surface area contributed by atoms with Gasteiger partial charge in [-0.3, -0.25) is 10.2 Å². The van der Waals surface area contributed by atoms with Crippen LogP contribution in [0.1, 0.15) is 48.9 Å². The fourth-order valence-corrected chi connectivity index (χ4v) is 5.71. The minimum absolute atomic E-state index is 0.0538. The summed E-state index contributed by atoms with van der Waals surface area (Å²) in [4.78, 5) is 30.2. The molecule has 0 radical (unpaired) electrons. The molecule has 0 atom stereocenters. The number of carbonyl (C=O) groups is 2. The van der Waals surface area contributed by atoms with E-state index in [1.165, 1.54) is 22.3 Å². The number of hydrogen-bond acceptors (Lipinski definition) is 6. The Hall–Kier alpha value is -3.49. The van der Waals surface area contributed by atoms with Crippen LogP contribution in [0.15, 0.2) is 65.6 Å². The summed E-state index contributed by atoms with van der Waals surface area (Å²) in [5.41, 5.74) is 6.90. The highest BCUT2D eigenvalue weighted by atomic mass is 32.1. The highest BCUT2D eigenvalue weighted by Crippen LogP contribution is 2.44. The maximum absolute atomic E-state index is 13.0. The molecule has 40 heavy (non-hydrogen) atoms. The molecule has 3 aromatic carbocycles. The number of piperazine rings is 1. The molecule has 7 nitrogen and oxygen atoms in total. The number of ether oxygens (including phenoxy) is 2. The Bertz CT molecular complexity index is 1360. The number of rotatable bonds is 5. The third-order valence-corrected chi connectivity index (χ3v) is 7.91. The maximum atomic E-state index is 13.0. The first kappa shape index (κ1) is 28.1. The quantitative estimate of drug-likeness (QED) is 0.341. The minimum Gasteiger partial charge on any atom is -0.448 e. The Morgan fingerprint density at radius 1 is 0.950 bits per heavy atom. The predicted octanol–water partition coefficient (Wildman–Crippen LogP) is 6.70. The topological polar surface area (TPSA) is 71.1 Å². The third kappa shape index (κ3) is 6.29. The molecule has 0 spiro atoms. The van der Waals surface area contributed by atoms with Gasteiger partial charge in [0.05, 0.1) is 0 Å². The number of thiol groups is 1. The minimum atomic E-state index is -0.577. The van der Waals surface area contributed by atoms with Gasteiger partial charge in [0, 0.05) is 49.2 Å². The summed E-state index contributed by atoms with van der Waals surface area (Å²) in [6.45, 7) is 11.1. The number of fused-ring (bicyclic) bond motifs is 3. The fraction of sp³-hybridized carbons (Fsp3) is 0.375. The molecule has 1 fully saturated rings. The van der Waals surface area contributed by atoms with Gasteiger partial charge in [0.2, 0.25) is 0 Å². The van der Waals surface area contributed by atoms with Crippen LogP contribution in [0.25, 0.3) is 11.1 Å². The third-order valence-electron chi connectivity index (χ3n) is 7.45. The van der Waals surface area contributed by atoms with Crippen LogP contribution < -0.4 is 5.32 Å². The molecule has 0 unspecified atom stereocenters. The van der Waals surface area contributed by atoms with Gasteiger partial charge in [-0.05, 0) is 73.2 Å². The van der Waals surface area contributed by atoms with Crippen LogP contribution in [-0.4, -0.2) is 60.4 Å². The van der Waals surface area contributed by atoms with Gasteiger partial charge in [-0.15, -0.1) is 12.6 Å². The molecule has 210 valence electrons. The van der Waals surface area contributed by atoms with E-state index >= 15 is 0 Å². The largest absolute Gasteiger partial charge is 0.448 e. The van der Waals surface area contributed by atoms with Crippen molar-refractivity contribution < 1.29 is 19.1 Å². The number of benzene rings is 3. The van der Waals surface area contributed by atoms with Gasteiger partial charge >= 0.3 is 12.2 Å². The van der Waals surface area contributed by atoms with E-state index < -0.39 is 11.7 Å². The Kier molecular flexibility index (Phi) is 8.10. The van der Waals surface area contributed by atoms with Crippen molar-refractivity contribution in [2.24, 2.45) is 0 Å². The molecule has 1 heterocycles. The molecule has 1 N–H and O–H groups in total. The zero-order chi connectivity index (χ0) is 28.4. The lowest BCUT2D eigenvalue weighted by molar-refractivity contribution is 0.0635. The second kappa shape index (κ2) is 11.6. The molecule has 0 saturated carbocycles. The maximum Gasteiger partial charge on any atom is 0.412 e. The number of carbonyl (C=O) groups excluding carboxylic acids is 2. The van der Waals surface area contributed by atoms with E-state index in [-0.39, 0.29) is 12.0 Å². The second-order valence-electron chi connectivity index (χ2n) is 11.5. The van der Waals surface area contributed by atoms with E-state index in [1.807, 2.05) is 52.0 Å². The van der Waals surface area contributed by atoms with E-state index in [1.54, 1.807) is 4.90 Å². The van der Waals surface area contributed by atoms with Gasteiger partial charge in [0.25, 0.3) is 0 Å². The lowest BCUT2D eigenvalue weighted by Gasteiger charge is -2.34. The van der Waals surface area contributed by atoms with Crippen molar-refractivity contribution in [3.8, 4) is 11.1 Å². The fourth-order valence-electron chi connectivity index (χ4n) is 5.42. The predicted molar refractivity (Wildman–Crippen MR) is 160 cm³/mol. The van der Waals surface area contributed by atoms with Gasteiger partial charge in [-0.1, -0.05) is 48.5 Å². The molecule has 1 aliphatic carbocycles. The van der Waals surface area contributed by atoms with E-state index in [2.05, 4.69) is 59.2 Å². The molecule has 0 aromatic heterocycles. The van der Waals surface area contributed by atoms with Gasteiger partial charge in [0.1, 0.15) is 12.2 Å². The van der Waals surface area contributed by atoms with E-state index in [0.717, 1.165) is 29.1 Å². The molecule has 0 bridgehead atoms. The monoisotopic (exact) mass is 559 g/mol. The molecule has 1 aliphatic heterocycles. The Morgan fingerprint density at radius 2 is 1.55 bits per heavy atom. The first-order valence-electron chi connectivity index (χ1n) is 13.7. The number of anilines is 1. The van der Waals surface area contributed by atoms with Crippen molar-refractivity contribution in [2.45, 2.75) is 50.7 Å². The second-order valence-corrected chi connectivity index (χ2v) is 12.0. The van der Waals surface area contributed by atoms with Crippen molar-refractivity contribution in [3.05, 3.63) is 82.9 Å². The first-order chi connectivity index (χ1) is 19.1. The summed E-state index contributed by atoms with van der Waals surface area (Å²) >= 11 is 4.62. The highest BCUT2D eigenvalue weighted by molar-refractivity contribution is 7.80. The molecular formula is C32H37N3O4S. The molecule has 2 amide bonds. The van der Waals surface area contributed by atoms with Gasteiger partial charge in [-0.25, -0.2) is 9.59 Å². The van der Waals surface area contributed by atoms with Crippen LogP contribution >= 0.6 is 12.6 Å². The zero-order valence-electron chi connectivity index (χ0n) is 23.6. The Labute approximate surface area is 241 Å². The van der Waals surface area contributed by atoms with Gasteiger partial charge < -0.3 is 14.4 Å². The summed E-state index contributed by atoms with van der Waals surface area (Å²) in [7, 11) is 0. The Morgan fingerprint density at radius 3 is 2.15 bits per heavy atom. The lowest BCUT2D eigenvalue weighted by Crippen LogP contribution is -2.48. The summed E-state index contributed by atoms with van der Waals surface area (Å²) in [5, 5.41) is 2.86.